The first-order chi connectivity index (χ1) is 14.1. The molecule has 0 saturated carbocycles. The van der Waals surface area contributed by atoms with Crippen LogP contribution in [0.4, 0.5) is 0 Å². The number of nitrogens with one attached hydrogen (secondary N) is 1. The fourth-order valence-corrected chi connectivity index (χ4v) is 2.92. The topological polar surface area (TPSA) is 80.6 Å². The van der Waals surface area contributed by atoms with Gasteiger partial charge in [0.2, 0.25) is 0 Å². The van der Waals surface area contributed by atoms with Crippen molar-refractivity contribution in [2.45, 2.75) is 13.0 Å². The first-order valence-electron chi connectivity index (χ1n) is 9.02. The average Bonchev–Trinajstić information content (AvgIpc) is 2.75. The number of hydrogen-bond donors (Lipinski definition) is 1. The molecule has 0 saturated heterocycles. The molecule has 0 atom stereocenters. The number of benzene rings is 2. The zero-order valence-corrected chi connectivity index (χ0v) is 18.0. The molecule has 1 amide bonds. The van der Waals surface area contributed by atoms with Gasteiger partial charge in [0.15, 0.2) is 11.5 Å². The molecule has 0 aliphatic heterocycles. The highest BCUT2D eigenvalue weighted by molar-refractivity contribution is 9.10. The molecule has 2 aromatic carbocycles. The van der Waals surface area contributed by atoms with E-state index in [0.29, 0.717) is 47.7 Å². The van der Waals surface area contributed by atoms with Crippen LogP contribution in [0.25, 0.3) is 6.08 Å². The molecule has 6 nitrogen and oxygen atoms in total. The van der Waals surface area contributed by atoms with Crippen LogP contribution in [0.1, 0.15) is 17.5 Å². The van der Waals surface area contributed by atoms with Gasteiger partial charge < -0.3 is 19.5 Å². The lowest BCUT2D eigenvalue weighted by atomic mass is 10.1. The molecule has 0 aliphatic rings. The van der Waals surface area contributed by atoms with Crippen molar-refractivity contribution in [3.63, 3.8) is 0 Å². The van der Waals surface area contributed by atoms with E-state index in [4.69, 9.17) is 14.2 Å². The number of amides is 1. The first-order valence-corrected chi connectivity index (χ1v) is 9.81. The summed E-state index contributed by atoms with van der Waals surface area (Å²) in [5, 5.41) is 12.1. The van der Waals surface area contributed by atoms with Crippen LogP contribution in [0, 0.1) is 11.3 Å². The molecular formula is C22H23BrN2O4. The van der Waals surface area contributed by atoms with E-state index in [0.717, 1.165) is 5.56 Å². The molecule has 2 rings (SSSR count). The van der Waals surface area contributed by atoms with Gasteiger partial charge in [-0.2, -0.15) is 5.26 Å². The summed E-state index contributed by atoms with van der Waals surface area (Å²) in [4.78, 5) is 12.2. The van der Waals surface area contributed by atoms with Crippen LogP contribution in [0.2, 0.25) is 0 Å². The van der Waals surface area contributed by atoms with Gasteiger partial charge in [0.05, 0.1) is 7.11 Å². The van der Waals surface area contributed by atoms with Crippen molar-refractivity contribution in [3.8, 4) is 17.6 Å². The summed E-state index contributed by atoms with van der Waals surface area (Å²) < 4.78 is 16.9. The molecular weight excluding hydrogens is 436 g/mol. The second-order valence-corrected chi connectivity index (χ2v) is 6.93. The van der Waals surface area contributed by atoms with Crippen LogP contribution >= 0.6 is 15.9 Å². The lowest BCUT2D eigenvalue weighted by Crippen LogP contribution is -2.26. The maximum atomic E-state index is 12.2. The monoisotopic (exact) mass is 458 g/mol. The fraction of sp³-hybridized carbons (Fsp3) is 0.273. The predicted molar refractivity (Wildman–Crippen MR) is 115 cm³/mol. The van der Waals surface area contributed by atoms with Gasteiger partial charge in [-0.15, -0.1) is 0 Å². The summed E-state index contributed by atoms with van der Waals surface area (Å²) in [6, 6.07) is 15.2. The third kappa shape index (κ3) is 6.93. The summed E-state index contributed by atoms with van der Waals surface area (Å²) in [6.45, 7) is 1.37. The standard InChI is InChI=1S/C22H23BrN2O4/c1-27-10-6-9-25-22(26)18(14-24)11-17-12-20(28-2)21(13-19(17)23)29-15-16-7-4-3-5-8-16/h3-5,7-8,11-13H,6,9-10,15H2,1-2H3,(H,25,26)/b18-11+. The minimum atomic E-state index is -0.432. The molecule has 0 aromatic heterocycles. The highest BCUT2D eigenvalue weighted by atomic mass is 79.9. The maximum absolute atomic E-state index is 12.2. The number of hydrogen-bond acceptors (Lipinski definition) is 5. The Morgan fingerprint density at radius 3 is 2.62 bits per heavy atom. The Morgan fingerprint density at radius 2 is 1.97 bits per heavy atom. The number of ether oxygens (including phenoxy) is 3. The number of nitriles is 1. The maximum Gasteiger partial charge on any atom is 0.261 e. The minimum Gasteiger partial charge on any atom is -0.493 e. The van der Waals surface area contributed by atoms with E-state index < -0.39 is 5.91 Å². The summed E-state index contributed by atoms with van der Waals surface area (Å²) in [6.07, 6.45) is 2.19. The molecule has 0 heterocycles. The Balaban J connectivity index is 2.16. The van der Waals surface area contributed by atoms with Crippen LogP contribution in [-0.4, -0.2) is 33.3 Å². The fourth-order valence-electron chi connectivity index (χ4n) is 2.49. The third-order valence-corrected chi connectivity index (χ3v) is 4.68. The number of halogens is 1. The van der Waals surface area contributed by atoms with Gasteiger partial charge in [0, 0.05) is 24.7 Å². The predicted octanol–water partition coefficient (Wildman–Crippen LogP) is 4.10. The van der Waals surface area contributed by atoms with Crippen LogP contribution < -0.4 is 14.8 Å². The van der Waals surface area contributed by atoms with Crippen molar-refractivity contribution in [1.82, 2.24) is 5.32 Å². The molecule has 0 radical (unpaired) electrons. The minimum absolute atomic E-state index is 0.00289. The molecule has 2 aromatic rings. The van der Waals surface area contributed by atoms with E-state index in [9.17, 15) is 10.1 Å². The Kier molecular flexibility index (Phi) is 9.22. The van der Waals surface area contributed by atoms with Crippen molar-refractivity contribution in [1.29, 1.82) is 5.26 Å². The Labute approximate surface area is 179 Å². The third-order valence-electron chi connectivity index (χ3n) is 4.00. The molecule has 0 bridgehead atoms. The Morgan fingerprint density at radius 1 is 1.21 bits per heavy atom. The number of carbonyl (C=O) groups excluding carboxylic acids is 1. The largest absolute Gasteiger partial charge is 0.493 e. The van der Waals surface area contributed by atoms with Gasteiger partial charge in [-0.1, -0.05) is 46.3 Å². The smallest absolute Gasteiger partial charge is 0.261 e. The van der Waals surface area contributed by atoms with Crippen LogP contribution in [0.5, 0.6) is 11.5 Å². The van der Waals surface area contributed by atoms with Crippen molar-refractivity contribution in [2.24, 2.45) is 0 Å². The number of rotatable bonds is 10. The zero-order valence-electron chi connectivity index (χ0n) is 16.4. The van der Waals surface area contributed by atoms with Gasteiger partial charge in [-0.05, 0) is 35.8 Å². The Bertz CT molecular complexity index is 892. The van der Waals surface area contributed by atoms with Crippen molar-refractivity contribution in [2.75, 3.05) is 27.4 Å². The lowest BCUT2D eigenvalue weighted by Gasteiger charge is -2.13. The molecule has 0 unspecified atom stereocenters. The quantitative estimate of drug-likeness (QED) is 0.329. The molecule has 0 fully saturated rings. The normalized spacial score (nSPS) is 10.9. The SMILES string of the molecule is COCCCNC(=O)/C(C#N)=C/c1cc(OC)c(OCc2ccccc2)cc1Br. The van der Waals surface area contributed by atoms with Gasteiger partial charge in [0.25, 0.3) is 5.91 Å². The molecule has 152 valence electrons. The molecule has 1 N–H and O–H groups in total. The van der Waals surface area contributed by atoms with Crippen LogP contribution in [-0.2, 0) is 16.1 Å². The van der Waals surface area contributed by atoms with E-state index in [-0.39, 0.29) is 5.57 Å². The Hall–Kier alpha value is -2.82. The molecule has 0 aliphatic carbocycles. The molecule has 29 heavy (non-hydrogen) atoms. The average molecular weight is 459 g/mol. The van der Waals surface area contributed by atoms with Gasteiger partial charge in [0.1, 0.15) is 18.2 Å². The summed E-state index contributed by atoms with van der Waals surface area (Å²) >= 11 is 3.48. The number of methoxy groups -OCH3 is 2. The van der Waals surface area contributed by atoms with Crippen molar-refractivity contribution >= 4 is 27.9 Å². The highest BCUT2D eigenvalue weighted by Crippen LogP contribution is 2.35. The first kappa shape index (κ1) is 22.5. The second kappa shape index (κ2) is 11.9. The number of nitrogens with zero attached hydrogens (tertiary/aromatic N) is 1. The van der Waals surface area contributed by atoms with Crippen LogP contribution in [0.3, 0.4) is 0 Å². The molecule has 7 heteroatoms. The van der Waals surface area contributed by atoms with Crippen molar-refractivity contribution in [3.05, 3.63) is 63.6 Å². The van der Waals surface area contributed by atoms with E-state index in [1.165, 1.54) is 6.08 Å². The van der Waals surface area contributed by atoms with Crippen LogP contribution in [0.15, 0.2) is 52.5 Å². The van der Waals surface area contributed by atoms with Crippen molar-refractivity contribution < 1.29 is 19.0 Å². The van der Waals surface area contributed by atoms with Gasteiger partial charge in [-0.3, -0.25) is 4.79 Å². The summed E-state index contributed by atoms with van der Waals surface area (Å²) in [7, 11) is 3.14. The van der Waals surface area contributed by atoms with Gasteiger partial charge in [-0.25, -0.2) is 0 Å². The molecule has 0 spiro atoms. The van der Waals surface area contributed by atoms with E-state index in [2.05, 4.69) is 21.2 Å². The van der Waals surface area contributed by atoms with Gasteiger partial charge >= 0.3 is 0 Å². The van der Waals surface area contributed by atoms with E-state index in [1.807, 2.05) is 36.4 Å². The number of carbonyl (C=O) groups is 1. The van der Waals surface area contributed by atoms with E-state index >= 15 is 0 Å². The summed E-state index contributed by atoms with van der Waals surface area (Å²) in [5.41, 5.74) is 1.67. The second-order valence-electron chi connectivity index (χ2n) is 6.07. The highest BCUT2D eigenvalue weighted by Gasteiger charge is 2.13. The zero-order chi connectivity index (χ0) is 21.1. The summed E-state index contributed by atoms with van der Waals surface area (Å²) in [5.74, 6) is 0.634. The van der Waals surface area contributed by atoms with E-state index in [1.54, 1.807) is 26.4 Å². The lowest BCUT2D eigenvalue weighted by molar-refractivity contribution is -0.117.